The van der Waals surface area contributed by atoms with Gasteiger partial charge in [0.25, 0.3) is 5.91 Å². The van der Waals surface area contributed by atoms with Gasteiger partial charge in [-0.05, 0) is 43.3 Å². The Labute approximate surface area is 195 Å². The number of amides is 1. The van der Waals surface area contributed by atoms with E-state index in [4.69, 9.17) is 18.9 Å². The molecule has 3 aromatic rings. The number of carbonyl (C=O) groups is 1. The Morgan fingerprint density at radius 1 is 1.06 bits per heavy atom. The number of aromatic nitrogens is 2. The molecule has 2 aromatic carbocycles. The Balaban J connectivity index is 1.54. The molecule has 0 aliphatic carbocycles. The highest BCUT2D eigenvalue weighted by atomic mass is 16.7. The summed E-state index contributed by atoms with van der Waals surface area (Å²) in [5.41, 5.74) is 2.27. The highest BCUT2D eigenvalue weighted by Gasteiger charge is 2.33. The van der Waals surface area contributed by atoms with Crippen molar-refractivity contribution in [2.24, 2.45) is 0 Å². The lowest BCUT2D eigenvalue weighted by Gasteiger charge is -2.29. The topological polar surface area (TPSA) is 104 Å². The van der Waals surface area contributed by atoms with E-state index in [9.17, 15) is 9.59 Å². The second-order valence-corrected chi connectivity index (χ2v) is 8.04. The van der Waals surface area contributed by atoms with Gasteiger partial charge < -0.3 is 29.2 Å². The van der Waals surface area contributed by atoms with Crippen LogP contribution in [-0.4, -0.2) is 55.2 Å². The van der Waals surface area contributed by atoms with E-state index in [1.165, 1.54) is 16.9 Å². The lowest BCUT2D eigenvalue weighted by atomic mass is 9.95. The van der Waals surface area contributed by atoms with Crippen molar-refractivity contribution in [2.45, 2.75) is 13.0 Å². The maximum Gasteiger partial charge on any atom is 0.280 e. The van der Waals surface area contributed by atoms with E-state index in [-0.39, 0.29) is 12.5 Å². The van der Waals surface area contributed by atoms with Gasteiger partial charge in [0.2, 0.25) is 18.0 Å². The number of nitrogens with zero attached hydrogens (tertiary/aromatic N) is 3. The SMILES string of the molecule is COc1ccc(-n2ccc(=O)c(C(=O)Nc3c4c(c(OC)c5c3OCO5)CN(C)CC4)n2)cc1. The van der Waals surface area contributed by atoms with Gasteiger partial charge in [0.05, 0.1) is 25.6 Å². The lowest BCUT2D eigenvalue weighted by molar-refractivity contribution is 0.101. The molecule has 0 fully saturated rings. The van der Waals surface area contributed by atoms with Crippen LogP contribution < -0.4 is 29.7 Å². The summed E-state index contributed by atoms with van der Waals surface area (Å²) in [6.07, 6.45) is 2.19. The molecule has 5 rings (SSSR count). The summed E-state index contributed by atoms with van der Waals surface area (Å²) in [6, 6.07) is 8.43. The Hall–Kier alpha value is -4.05. The molecule has 3 heterocycles. The van der Waals surface area contributed by atoms with E-state index in [1.807, 2.05) is 7.05 Å². The number of methoxy groups -OCH3 is 2. The predicted octanol–water partition coefficient (Wildman–Crippen LogP) is 2.22. The summed E-state index contributed by atoms with van der Waals surface area (Å²) < 4.78 is 23.6. The molecule has 1 N–H and O–H groups in total. The Kier molecular flexibility index (Phi) is 5.58. The van der Waals surface area contributed by atoms with Gasteiger partial charge in [-0.1, -0.05) is 0 Å². The van der Waals surface area contributed by atoms with Gasteiger partial charge in [0, 0.05) is 30.9 Å². The average molecular weight is 464 g/mol. The number of ether oxygens (including phenoxy) is 4. The maximum absolute atomic E-state index is 13.3. The van der Waals surface area contributed by atoms with Crippen molar-refractivity contribution in [3.05, 3.63) is 63.6 Å². The molecule has 2 aliphatic rings. The van der Waals surface area contributed by atoms with Crippen LogP contribution in [0.15, 0.2) is 41.3 Å². The first-order valence-corrected chi connectivity index (χ1v) is 10.8. The number of nitrogens with one attached hydrogen (secondary N) is 1. The zero-order valence-corrected chi connectivity index (χ0v) is 19.1. The quantitative estimate of drug-likeness (QED) is 0.613. The van der Waals surface area contributed by atoms with Crippen LogP contribution in [0.4, 0.5) is 5.69 Å². The summed E-state index contributed by atoms with van der Waals surface area (Å²) in [4.78, 5) is 28.0. The molecule has 0 saturated heterocycles. The fourth-order valence-electron chi connectivity index (χ4n) is 4.25. The van der Waals surface area contributed by atoms with E-state index in [1.54, 1.807) is 38.5 Å². The van der Waals surface area contributed by atoms with Crippen molar-refractivity contribution < 1.29 is 23.7 Å². The summed E-state index contributed by atoms with van der Waals surface area (Å²) in [6.45, 7) is 1.44. The summed E-state index contributed by atoms with van der Waals surface area (Å²) in [5, 5.41) is 7.17. The second kappa shape index (κ2) is 8.71. The minimum Gasteiger partial charge on any atom is -0.497 e. The van der Waals surface area contributed by atoms with Gasteiger partial charge in [0.1, 0.15) is 5.75 Å². The number of fused-ring (bicyclic) bond motifs is 2. The second-order valence-electron chi connectivity index (χ2n) is 8.04. The Bertz CT molecular complexity index is 1320. The van der Waals surface area contributed by atoms with Crippen molar-refractivity contribution in [1.29, 1.82) is 0 Å². The van der Waals surface area contributed by atoms with Crippen LogP contribution in [-0.2, 0) is 13.0 Å². The number of hydrogen-bond acceptors (Lipinski definition) is 8. The van der Waals surface area contributed by atoms with Crippen LogP contribution in [0.2, 0.25) is 0 Å². The van der Waals surface area contributed by atoms with Crippen molar-refractivity contribution in [2.75, 3.05) is 39.9 Å². The standard InChI is InChI=1S/C24H24N4O6/c1-27-10-8-16-17(12-27)21(32-3)23-22(33-13-34-23)19(16)25-24(30)20-18(29)9-11-28(26-20)14-4-6-15(31-2)7-5-14/h4-7,9,11H,8,10,12-13H2,1-3H3,(H,25,30). The van der Waals surface area contributed by atoms with Crippen LogP contribution in [0.3, 0.4) is 0 Å². The van der Waals surface area contributed by atoms with Gasteiger partial charge in [0.15, 0.2) is 17.2 Å². The summed E-state index contributed by atoms with van der Waals surface area (Å²) in [5.74, 6) is 1.51. The molecule has 1 amide bonds. The average Bonchev–Trinajstić information content (AvgIpc) is 3.34. The molecular weight excluding hydrogens is 440 g/mol. The van der Waals surface area contributed by atoms with E-state index in [0.717, 1.165) is 17.7 Å². The fourth-order valence-corrected chi connectivity index (χ4v) is 4.25. The molecule has 10 heteroatoms. The van der Waals surface area contributed by atoms with E-state index < -0.39 is 11.3 Å². The molecular formula is C24H24N4O6. The number of likely N-dealkylation sites (N-methyl/N-ethyl adjacent to an activating group) is 1. The van der Waals surface area contributed by atoms with Gasteiger partial charge in [-0.25, -0.2) is 4.68 Å². The monoisotopic (exact) mass is 464 g/mol. The minimum atomic E-state index is -0.628. The van der Waals surface area contributed by atoms with Gasteiger partial charge in [-0.15, -0.1) is 0 Å². The smallest absolute Gasteiger partial charge is 0.280 e. The summed E-state index contributed by atoms with van der Waals surface area (Å²) in [7, 11) is 5.18. The fraction of sp³-hybridized carbons (Fsp3) is 0.292. The largest absolute Gasteiger partial charge is 0.497 e. The van der Waals surface area contributed by atoms with Gasteiger partial charge >= 0.3 is 0 Å². The van der Waals surface area contributed by atoms with Crippen LogP contribution in [0, 0.1) is 0 Å². The molecule has 0 radical (unpaired) electrons. The van der Waals surface area contributed by atoms with Crippen LogP contribution in [0.1, 0.15) is 21.6 Å². The Morgan fingerprint density at radius 3 is 2.56 bits per heavy atom. The zero-order valence-electron chi connectivity index (χ0n) is 19.1. The molecule has 0 bridgehead atoms. The third-order valence-electron chi connectivity index (χ3n) is 5.96. The summed E-state index contributed by atoms with van der Waals surface area (Å²) >= 11 is 0. The van der Waals surface area contributed by atoms with Crippen LogP contribution in [0.25, 0.3) is 5.69 Å². The first kappa shape index (κ1) is 21.8. The number of hydrogen-bond donors (Lipinski definition) is 1. The molecule has 1 aromatic heterocycles. The number of anilines is 1. The molecule has 34 heavy (non-hydrogen) atoms. The van der Waals surface area contributed by atoms with Crippen molar-refractivity contribution >= 4 is 11.6 Å². The number of carbonyl (C=O) groups excluding carboxylic acids is 1. The van der Waals surface area contributed by atoms with E-state index >= 15 is 0 Å². The van der Waals surface area contributed by atoms with Gasteiger partial charge in [-0.2, -0.15) is 5.10 Å². The highest BCUT2D eigenvalue weighted by molar-refractivity contribution is 6.05. The molecule has 0 saturated carbocycles. The van der Waals surface area contributed by atoms with Crippen molar-refractivity contribution in [3.8, 4) is 28.7 Å². The van der Waals surface area contributed by atoms with Crippen molar-refractivity contribution in [3.63, 3.8) is 0 Å². The first-order valence-electron chi connectivity index (χ1n) is 10.8. The molecule has 10 nitrogen and oxygen atoms in total. The predicted molar refractivity (Wildman–Crippen MR) is 123 cm³/mol. The van der Waals surface area contributed by atoms with Crippen LogP contribution >= 0.6 is 0 Å². The minimum absolute atomic E-state index is 0.0150. The molecule has 2 aliphatic heterocycles. The first-order chi connectivity index (χ1) is 16.5. The third-order valence-corrected chi connectivity index (χ3v) is 5.96. The van der Waals surface area contributed by atoms with Gasteiger partial charge in [-0.3, -0.25) is 9.59 Å². The number of benzene rings is 2. The van der Waals surface area contributed by atoms with E-state index in [2.05, 4.69) is 15.3 Å². The third kappa shape index (κ3) is 3.71. The maximum atomic E-state index is 13.3. The lowest BCUT2D eigenvalue weighted by Crippen LogP contribution is -2.30. The number of rotatable bonds is 5. The highest BCUT2D eigenvalue weighted by Crippen LogP contribution is 2.52. The van der Waals surface area contributed by atoms with Crippen molar-refractivity contribution in [1.82, 2.24) is 14.7 Å². The van der Waals surface area contributed by atoms with Crippen LogP contribution in [0.5, 0.6) is 23.0 Å². The zero-order chi connectivity index (χ0) is 23.8. The Morgan fingerprint density at radius 2 is 1.82 bits per heavy atom. The molecule has 0 spiro atoms. The normalized spacial score (nSPS) is 14.4. The molecule has 176 valence electrons. The molecule has 0 unspecified atom stereocenters. The van der Waals surface area contributed by atoms with E-state index in [0.29, 0.717) is 47.3 Å². The molecule has 0 atom stereocenters.